The lowest BCUT2D eigenvalue weighted by Gasteiger charge is -2.21. The lowest BCUT2D eigenvalue weighted by atomic mass is 10.2. The number of benzene rings is 1. The summed E-state index contributed by atoms with van der Waals surface area (Å²) < 4.78 is 0. The summed E-state index contributed by atoms with van der Waals surface area (Å²) >= 11 is 3.25. The number of carbonyl (C=O) groups excluding carboxylic acids is 1. The fourth-order valence-electron chi connectivity index (χ4n) is 2.12. The van der Waals surface area contributed by atoms with Gasteiger partial charge in [0.25, 0.3) is 0 Å². The van der Waals surface area contributed by atoms with Crippen LogP contribution in [0.5, 0.6) is 0 Å². The van der Waals surface area contributed by atoms with Crippen LogP contribution in [0.2, 0.25) is 0 Å². The average Bonchev–Trinajstić information content (AvgIpc) is 2.96. The molecule has 0 aliphatic carbocycles. The number of thiazole rings is 1. The fraction of sp³-hybridized carbons (Fsp3) is 0.286. The number of aromatic nitrogens is 1. The number of aryl methyl sites for hydroxylation is 1. The molecule has 1 saturated heterocycles. The van der Waals surface area contributed by atoms with E-state index in [2.05, 4.69) is 17.1 Å². The van der Waals surface area contributed by atoms with Crippen LogP contribution in [-0.4, -0.2) is 16.1 Å². The van der Waals surface area contributed by atoms with E-state index in [4.69, 9.17) is 0 Å². The van der Waals surface area contributed by atoms with Gasteiger partial charge in [0, 0.05) is 11.1 Å². The van der Waals surface area contributed by atoms with Crippen molar-refractivity contribution in [2.45, 2.75) is 24.5 Å². The minimum Gasteiger partial charge on any atom is -0.273 e. The Morgan fingerprint density at radius 3 is 2.63 bits per heavy atom. The molecule has 1 aromatic heterocycles. The second kappa shape index (κ2) is 4.98. The summed E-state index contributed by atoms with van der Waals surface area (Å²) in [5.41, 5.74) is 1.15. The van der Waals surface area contributed by atoms with E-state index < -0.39 is 0 Å². The summed E-state index contributed by atoms with van der Waals surface area (Å²) in [5, 5.41) is 0.817. The molecule has 1 aromatic carbocycles. The van der Waals surface area contributed by atoms with Gasteiger partial charge in [-0.25, -0.2) is 4.98 Å². The maximum atomic E-state index is 12.4. The quantitative estimate of drug-likeness (QED) is 0.847. The van der Waals surface area contributed by atoms with E-state index in [9.17, 15) is 4.79 Å². The zero-order valence-corrected chi connectivity index (χ0v) is 12.4. The van der Waals surface area contributed by atoms with E-state index in [-0.39, 0.29) is 16.5 Å². The molecule has 3 rings (SSSR count). The largest absolute Gasteiger partial charge is 0.273 e. The molecule has 3 nitrogen and oxygen atoms in total. The Morgan fingerprint density at radius 2 is 2.00 bits per heavy atom. The van der Waals surface area contributed by atoms with Gasteiger partial charge in [-0.05, 0) is 19.4 Å². The van der Waals surface area contributed by atoms with E-state index in [1.807, 2.05) is 43.1 Å². The van der Waals surface area contributed by atoms with Gasteiger partial charge in [-0.15, -0.1) is 23.1 Å². The van der Waals surface area contributed by atoms with Crippen LogP contribution in [0.3, 0.4) is 0 Å². The number of anilines is 1. The Kier molecular flexibility index (Phi) is 3.33. The Bertz CT molecular complexity index is 597. The summed E-state index contributed by atoms with van der Waals surface area (Å²) in [6.45, 7) is 3.97. The maximum Gasteiger partial charge on any atom is 0.242 e. The monoisotopic (exact) mass is 290 g/mol. The molecule has 1 amide bonds. The molecule has 0 N–H and O–H groups in total. The van der Waals surface area contributed by atoms with E-state index in [0.717, 1.165) is 15.6 Å². The third-order valence-corrected chi connectivity index (χ3v) is 5.32. The summed E-state index contributed by atoms with van der Waals surface area (Å²) in [5.74, 6) is 0.146. The Morgan fingerprint density at radius 1 is 1.26 bits per heavy atom. The number of carbonyl (C=O) groups is 1. The SMILES string of the molecule is Cc1cnc(N2C(=O)[C@H](C)S[C@@H]2c2ccccc2)s1. The molecule has 98 valence electrons. The van der Waals surface area contributed by atoms with Crippen LogP contribution in [0.1, 0.15) is 22.7 Å². The molecule has 1 aliphatic heterocycles. The summed E-state index contributed by atoms with van der Waals surface area (Å²) in [4.78, 5) is 19.7. The van der Waals surface area contributed by atoms with Crippen LogP contribution in [-0.2, 0) is 4.79 Å². The minimum absolute atomic E-state index is 0.0191. The molecule has 1 aliphatic rings. The van der Waals surface area contributed by atoms with Gasteiger partial charge in [0.2, 0.25) is 5.91 Å². The van der Waals surface area contributed by atoms with Gasteiger partial charge in [-0.2, -0.15) is 0 Å². The highest BCUT2D eigenvalue weighted by atomic mass is 32.2. The average molecular weight is 290 g/mol. The first kappa shape index (κ1) is 12.7. The van der Waals surface area contributed by atoms with Crippen molar-refractivity contribution < 1.29 is 4.79 Å². The van der Waals surface area contributed by atoms with Crippen molar-refractivity contribution in [3.05, 3.63) is 47.0 Å². The van der Waals surface area contributed by atoms with Crippen molar-refractivity contribution in [2.24, 2.45) is 0 Å². The third-order valence-electron chi connectivity index (χ3n) is 3.05. The van der Waals surface area contributed by atoms with E-state index in [0.29, 0.717) is 0 Å². The standard InChI is InChI=1S/C14H14N2OS2/c1-9-8-15-14(18-9)16-12(17)10(2)19-13(16)11-6-4-3-5-7-11/h3-8,10,13H,1-2H3/t10-,13+/m0/s1. The molecule has 0 radical (unpaired) electrons. The molecule has 1 fully saturated rings. The molecular formula is C14H14N2OS2. The van der Waals surface area contributed by atoms with E-state index >= 15 is 0 Å². The van der Waals surface area contributed by atoms with Crippen molar-refractivity contribution >= 4 is 34.1 Å². The van der Waals surface area contributed by atoms with Crippen LogP contribution in [0, 0.1) is 6.92 Å². The molecule has 2 atom stereocenters. The third kappa shape index (κ3) is 2.28. The summed E-state index contributed by atoms with van der Waals surface area (Å²) in [6.07, 6.45) is 1.82. The van der Waals surface area contributed by atoms with Gasteiger partial charge in [-0.1, -0.05) is 30.3 Å². The fourth-order valence-corrected chi connectivity index (χ4v) is 4.23. The molecule has 0 saturated carbocycles. The Labute approximate surface area is 120 Å². The van der Waals surface area contributed by atoms with Crippen molar-refractivity contribution in [1.82, 2.24) is 4.98 Å². The van der Waals surface area contributed by atoms with Crippen LogP contribution in [0.25, 0.3) is 0 Å². The predicted octanol–water partition coefficient (Wildman–Crippen LogP) is 3.62. The number of hydrogen-bond acceptors (Lipinski definition) is 4. The van der Waals surface area contributed by atoms with Gasteiger partial charge >= 0.3 is 0 Å². The first-order chi connectivity index (χ1) is 9.16. The van der Waals surface area contributed by atoms with Crippen molar-refractivity contribution in [2.75, 3.05) is 4.90 Å². The molecule has 5 heteroatoms. The molecule has 0 unspecified atom stereocenters. The molecule has 2 aromatic rings. The van der Waals surface area contributed by atoms with E-state index in [1.165, 1.54) is 0 Å². The summed E-state index contributed by atoms with van der Waals surface area (Å²) in [6, 6.07) is 10.1. The van der Waals surface area contributed by atoms with Gasteiger partial charge < -0.3 is 0 Å². The first-order valence-corrected chi connectivity index (χ1v) is 7.88. The maximum absolute atomic E-state index is 12.4. The van der Waals surface area contributed by atoms with Crippen molar-refractivity contribution in [3.8, 4) is 0 Å². The normalized spacial score (nSPS) is 23.1. The zero-order valence-electron chi connectivity index (χ0n) is 10.7. The lowest BCUT2D eigenvalue weighted by Crippen LogP contribution is -2.29. The first-order valence-electron chi connectivity index (χ1n) is 6.13. The highest BCUT2D eigenvalue weighted by Gasteiger charge is 2.40. The van der Waals surface area contributed by atoms with Crippen LogP contribution < -0.4 is 4.90 Å². The minimum atomic E-state index is -0.0191. The van der Waals surface area contributed by atoms with Crippen LogP contribution >= 0.6 is 23.1 Å². The highest BCUT2D eigenvalue weighted by molar-refractivity contribution is 8.01. The second-order valence-electron chi connectivity index (χ2n) is 4.50. The number of hydrogen-bond donors (Lipinski definition) is 0. The number of rotatable bonds is 2. The molecule has 2 heterocycles. The molecule has 0 spiro atoms. The van der Waals surface area contributed by atoms with Gasteiger partial charge in [0.15, 0.2) is 5.13 Å². The zero-order chi connectivity index (χ0) is 13.4. The number of amides is 1. The van der Waals surface area contributed by atoms with Crippen LogP contribution in [0.15, 0.2) is 36.5 Å². The number of thioether (sulfide) groups is 1. The van der Waals surface area contributed by atoms with Crippen molar-refractivity contribution in [1.29, 1.82) is 0 Å². The van der Waals surface area contributed by atoms with Gasteiger partial charge in [-0.3, -0.25) is 9.69 Å². The second-order valence-corrected chi connectivity index (χ2v) is 7.14. The smallest absolute Gasteiger partial charge is 0.242 e. The summed E-state index contributed by atoms with van der Waals surface area (Å²) in [7, 11) is 0. The van der Waals surface area contributed by atoms with E-state index in [1.54, 1.807) is 23.1 Å². The number of nitrogens with zero attached hydrogens (tertiary/aromatic N) is 2. The topological polar surface area (TPSA) is 33.2 Å². The molecule has 0 bridgehead atoms. The van der Waals surface area contributed by atoms with Gasteiger partial charge in [0.05, 0.1) is 5.25 Å². The Balaban J connectivity index is 2.01. The highest BCUT2D eigenvalue weighted by Crippen LogP contribution is 2.46. The van der Waals surface area contributed by atoms with Crippen molar-refractivity contribution in [3.63, 3.8) is 0 Å². The molecular weight excluding hydrogens is 276 g/mol. The Hall–Kier alpha value is -1.33. The van der Waals surface area contributed by atoms with Crippen LogP contribution in [0.4, 0.5) is 5.13 Å². The van der Waals surface area contributed by atoms with Gasteiger partial charge in [0.1, 0.15) is 5.37 Å². The predicted molar refractivity (Wildman–Crippen MR) is 80.6 cm³/mol. The lowest BCUT2D eigenvalue weighted by molar-refractivity contribution is -0.117. The molecule has 19 heavy (non-hydrogen) atoms.